The summed E-state index contributed by atoms with van der Waals surface area (Å²) in [5, 5.41) is 14.5. The number of carbonyl (C=O) groups is 2. The molecular weight excluding hydrogens is 338 g/mol. The van der Waals surface area contributed by atoms with E-state index in [-0.39, 0.29) is 23.7 Å². The molecule has 0 saturated heterocycles. The number of carboxylic acids is 1. The molecule has 0 spiro atoms. The number of rotatable bonds is 3. The Bertz CT molecular complexity index is 1110. The molecule has 0 aliphatic heterocycles. The number of urea groups is 1. The SMILES string of the molecule is CNC(=O)Nc1ccc2c(c1)[C@H](CC(=O)O)c1c-2[nH]c(=O)c2nccn12. The van der Waals surface area contributed by atoms with Crippen LogP contribution in [0, 0.1) is 0 Å². The highest BCUT2D eigenvalue weighted by Gasteiger charge is 2.34. The highest BCUT2D eigenvalue weighted by molar-refractivity contribution is 5.90. The first-order valence-corrected chi connectivity index (χ1v) is 7.93. The topological polar surface area (TPSA) is 129 Å². The minimum Gasteiger partial charge on any atom is -0.481 e. The maximum Gasteiger partial charge on any atom is 0.318 e. The number of nitrogens with zero attached hydrogens (tertiary/aromatic N) is 2. The number of benzene rings is 1. The van der Waals surface area contributed by atoms with Crippen molar-refractivity contribution in [3.63, 3.8) is 0 Å². The number of hydrogen-bond donors (Lipinski definition) is 4. The van der Waals surface area contributed by atoms with E-state index in [4.69, 9.17) is 0 Å². The lowest BCUT2D eigenvalue weighted by Crippen LogP contribution is -2.24. The molecule has 0 saturated carbocycles. The van der Waals surface area contributed by atoms with Gasteiger partial charge in [-0.1, -0.05) is 6.07 Å². The minimum absolute atomic E-state index is 0.150. The highest BCUT2D eigenvalue weighted by atomic mass is 16.4. The van der Waals surface area contributed by atoms with Crippen molar-refractivity contribution in [2.45, 2.75) is 12.3 Å². The van der Waals surface area contributed by atoms with E-state index in [0.717, 1.165) is 11.1 Å². The average molecular weight is 353 g/mol. The number of anilines is 1. The normalized spacial score (nSPS) is 14.7. The van der Waals surface area contributed by atoms with Crippen LogP contribution in [0.2, 0.25) is 0 Å². The molecule has 0 fully saturated rings. The fourth-order valence-electron chi connectivity index (χ4n) is 3.45. The summed E-state index contributed by atoms with van der Waals surface area (Å²) in [5.74, 6) is -1.43. The van der Waals surface area contributed by atoms with Gasteiger partial charge in [-0.3, -0.25) is 14.0 Å². The monoisotopic (exact) mass is 353 g/mol. The number of aromatic amines is 1. The van der Waals surface area contributed by atoms with Gasteiger partial charge >= 0.3 is 12.0 Å². The van der Waals surface area contributed by atoms with Crippen LogP contribution >= 0.6 is 0 Å². The average Bonchev–Trinajstić information content (AvgIpc) is 3.19. The molecule has 2 aromatic heterocycles. The number of amides is 2. The first kappa shape index (κ1) is 15.9. The summed E-state index contributed by atoms with van der Waals surface area (Å²) in [6.45, 7) is 0. The van der Waals surface area contributed by atoms with Gasteiger partial charge in [0.05, 0.1) is 17.8 Å². The Morgan fingerprint density at radius 3 is 2.92 bits per heavy atom. The van der Waals surface area contributed by atoms with Gasteiger partial charge in [-0.2, -0.15) is 0 Å². The minimum atomic E-state index is -0.960. The van der Waals surface area contributed by atoms with Gasteiger partial charge in [0, 0.05) is 36.6 Å². The van der Waals surface area contributed by atoms with Gasteiger partial charge in [-0.25, -0.2) is 9.78 Å². The molecule has 9 nitrogen and oxygen atoms in total. The van der Waals surface area contributed by atoms with Gasteiger partial charge in [-0.15, -0.1) is 0 Å². The quantitative estimate of drug-likeness (QED) is 0.565. The lowest BCUT2D eigenvalue weighted by atomic mass is 9.96. The molecular formula is C17H15N5O4. The Labute approximate surface area is 146 Å². The van der Waals surface area contributed by atoms with Crippen LogP contribution in [0.3, 0.4) is 0 Å². The molecule has 2 amide bonds. The van der Waals surface area contributed by atoms with Crippen molar-refractivity contribution in [2.24, 2.45) is 0 Å². The van der Waals surface area contributed by atoms with Gasteiger partial charge in [0.25, 0.3) is 5.56 Å². The van der Waals surface area contributed by atoms with Crippen molar-refractivity contribution in [3.05, 3.63) is 52.2 Å². The molecule has 2 heterocycles. The molecule has 132 valence electrons. The highest BCUT2D eigenvalue weighted by Crippen LogP contribution is 2.45. The van der Waals surface area contributed by atoms with Crippen LogP contribution in [0.4, 0.5) is 10.5 Å². The number of fused-ring (bicyclic) bond motifs is 5. The Kier molecular flexibility index (Phi) is 3.50. The number of imidazole rings is 1. The first-order valence-electron chi connectivity index (χ1n) is 7.93. The molecule has 9 heteroatoms. The van der Waals surface area contributed by atoms with E-state index in [1.54, 1.807) is 28.8 Å². The number of H-pyrrole nitrogens is 1. The number of hydrogen-bond acceptors (Lipinski definition) is 4. The standard InChI is InChI=1S/C17H15N5O4/c1-18-17(26)20-8-2-3-9-10(6-8)11(7-12(23)24)14-13(9)21-16(25)15-19-4-5-22(14)15/h2-6,11H,7H2,1H3,(H,21,25)(H,23,24)(H2,18,20,26)/t11-/m0/s1. The summed E-state index contributed by atoms with van der Waals surface area (Å²) in [6.07, 6.45) is 3.00. The van der Waals surface area contributed by atoms with E-state index >= 15 is 0 Å². The third-order valence-electron chi connectivity index (χ3n) is 4.49. The molecule has 0 bridgehead atoms. The van der Waals surface area contributed by atoms with Gasteiger partial charge < -0.3 is 20.7 Å². The van der Waals surface area contributed by atoms with Crippen molar-refractivity contribution in [1.29, 1.82) is 0 Å². The second-order valence-electron chi connectivity index (χ2n) is 5.99. The smallest absolute Gasteiger partial charge is 0.318 e. The molecule has 4 N–H and O–H groups in total. The zero-order chi connectivity index (χ0) is 18.4. The van der Waals surface area contributed by atoms with Crippen LogP contribution < -0.4 is 16.2 Å². The van der Waals surface area contributed by atoms with Gasteiger partial charge in [0.15, 0.2) is 0 Å². The third-order valence-corrected chi connectivity index (χ3v) is 4.49. The summed E-state index contributed by atoms with van der Waals surface area (Å²) >= 11 is 0. The second-order valence-corrected chi connectivity index (χ2v) is 5.99. The number of aliphatic carboxylic acids is 1. The molecule has 0 radical (unpaired) electrons. The van der Waals surface area contributed by atoms with Crippen LogP contribution in [0.1, 0.15) is 23.6 Å². The third kappa shape index (κ3) is 2.32. The first-order chi connectivity index (χ1) is 12.5. The van der Waals surface area contributed by atoms with Crippen molar-refractivity contribution >= 4 is 23.3 Å². The maximum atomic E-state index is 12.3. The summed E-state index contributed by atoms with van der Waals surface area (Å²) < 4.78 is 1.63. The van der Waals surface area contributed by atoms with E-state index in [0.29, 0.717) is 17.1 Å². The molecule has 26 heavy (non-hydrogen) atoms. The van der Waals surface area contributed by atoms with Crippen molar-refractivity contribution in [2.75, 3.05) is 12.4 Å². The predicted octanol–water partition coefficient (Wildman–Crippen LogP) is 1.36. The number of aromatic nitrogens is 3. The van der Waals surface area contributed by atoms with E-state index in [1.165, 1.54) is 13.2 Å². The number of nitrogens with one attached hydrogen (secondary N) is 3. The summed E-state index contributed by atoms with van der Waals surface area (Å²) in [7, 11) is 1.51. The molecule has 1 atom stereocenters. The van der Waals surface area contributed by atoms with Crippen LogP contribution in [-0.2, 0) is 4.79 Å². The molecule has 3 aromatic rings. The Balaban J connectivity index is 1.93. The van der Waals surface area contributed by atoms with Gasteiger partial charge in [-0.05, 0) is 17.7 Å². The fraction of sp³-hybridized carbons (Fsp3) is 0.176. The lowest BCUT2D eigenvalue weighted by molar-refractivity contribution is -0.137. The fourth-order valence-corrected chi connectivity index (χ4v) is 3.45. The maximum absolute atomic E-state index is 12.3. The lowest BCUT2D eigenvalue weighted by Gasteiger charge is -2.13. The van der Waals surface area contributed by atoms with Crippen LogP contribution in [0.25, 0.3) is 16.9 Å². The molecule has 1 aromatic carbocycles. The summed E-state index contributed by atoms with van der Waals surface area (Å²) in [5.41, 5.74) is 3.13. The molecule has 1 aliphatic rings. The van der Waals surface area contributed by atoms with E-state index in [2.05, 4.69) is 20.6 Å². The summed E-state index contributed by atoms with van der Waals surface area (Å²) in [4.78, 5) is 42.1. The Morgan fingerprint density at radius 2 is 2.19 bits per heavy atom. The van der Waals surface area contributed by atoms with Gasteiger partial charge in [0.2, 0.25) is 5.65 Å². The van der Waals surface area contributed by atoms with Crippen molar-refractivity contribution < 1.29 is 14.7 Å². The van der Waals surface area contributed by atoms with Crippen molar-refractivity contribution in [3.8, 4) is 11.3 Å². The second kappa shape index (κ2) is 5.73. The van der Waals surface area contributed by atoms with Crippen LogP contribution in [0.5, 0.6) is 0 Å². The summed E-state index contributed by atoms with van der Waals surface area (Å²) in [6, 6.07) is 4.83. The molecule has 4 rings (SSSR count). The van der Waals surface area contributed by atoms with Crippen molar-refractivity contribution in [1.82, 2.24) is 19.7 Å². The Morgan fingerprint density at radius 1 is 1.38 bits per heavy atom. The predicted molar refractivity (Wildman–Crippen MR) is 93.4 cm³/mol. The molecule has 1 aliphatic carbocycles. The van der Waals surface area contributed by atoms with E-state index < -0.39 is 11.9 Å². The number of carbonyl (C=O) groups excluding carboxylic acids is 1. The largest absolute Gasteiger partial charge is 0.481 e. The van der Waals surface area contributed by atoms with Crippen LogP contribution in [-0.4, -0.2) is 38.5 Å². The zero-order valence-electron chi connectivity index (χ0n) is 13.7. The van der Waals surface area contributed by atoms with Gasteiger partial charge in [0.1, 0.15) is 0 Å². The van der Waals surface area contributed by atoms with Crippen LogP contribution in [0.15, 0.2) is 35.4 Å². The molecule has 0 unspecified atom stereocenters. The number of carboxylic acid groups (broad SMARTS) is 1. The van der Waals surface area contributed by atoms with E-state index in [1.807, 2.05) is 0 Å². The van der Waals surface area contributed by atoms with E-state index in [9.17, 15) is 19.5 Å². The Hall–Kier alpha value is -3.62. The zero-order valence-corrected chi connectivity index (χ0v) is 13.7.